The molecule has 0 amide bonds. The van der Waals surface area contributed by atoms with E-state index < -0.39 is 0 Å². The van der Waals surface area contributed by atoms with Gasteiger partial charge >= 0.3 is 0 Å². The van der Waals surface area contributed by atoms with Crippen molar-refractivity contribution in [3.8, 4) is 11.5 Å². The average Bonchev–Trinajstić information content (AvgIpc) is 2.68. The Morgan fingerprint density at radius 3 is 2.44 bits per heavy atom. The Morgan fingerprint density at radius 2 is 1.70 bits per heavy atom. The summed E-state index contributed by atoms with van der Waals surface area (Å²) in [5, 5.41) is 2.44. The van der Waals surface area contributed by atoms with E-state index in [-0.39, 0.29) is 6.10 Å². The first-order valence-electron chi connectivity index (χ1n) is 10.5. The lowest BCUT2D eigenvalue weighted by molar-refractivity contribution is 0.218. The number of ether oxygens (including phenoxy) is 2. The summed E-state index contributed by atoms with van der Waals surface area (Å²) in [4.78, 5) is 0.368. The van der Waals surface area contributed by atoms with E-state index in [0.717, 1.165) is 30.9 Å². The zero-order valence-electron chi connectivity index (χ0n) is 17.4. The fourth-order valence-electron chi connectivity index (χ4n) is 3.36. The van der Waals surface area contributed by atoms with E-state index in [2.05, 4.69) is 74.0 Å². The van der Waals surface area contributed by atoms with E-state index >= 15 is 0 Å². The number of fused-ring (bicyclic) bond motifs is 1. The van der Waals surface area contributed by atoms with Crippen LogP contribution in [0.1, 0.15) is 71.3 Å². The summed E-state index contributed by atoms with van der Waals surface area (Å²) in [7, 11) is 0. The van der Waals surface area contributed by atoms with Crippen LogP contribution in [0.5, 0.6) is 11.5 Å². The molecule has 3 heteroatoms. The standard InChI is InChI=1S/C24H35BrO2/c1-5-7-8-9-10-11-16-26-24-15-12-20-17-21(13-14-22(20)18(24)3)27-19(4)23(25)6-2/h12-15,17,19,23H,5-11,16H2,1-4H3. The summed E-state index contributed by atoms with van der Waals surface area (Å²) >= 11 is 3.68. The van der Waals surface area contributed by atoms with Crippen LogP contribution in [0.25, 0.3) is 10.8 Å². The first kappa shape index (κ1) is 22.1. The van der Waals surface area contributed by atoms with Crippen molar-refractivity contribution in [1.29, 1.82) is 0 Å². The van der Waals surface area contributed by atoms with Gasteiger partial charge in [-0.2, -0.15) is 0 Å². The van der Waals surface area contributed by atoms with Crippen LogP contribution in [0.15, 0.2) is 30.3 Å². The third-order valence-corrected chi connectivity index (χ3v) is 6.58. The zero-order valence-corrected chi connectivity index (χ0v) is 19.0. The molecule has 2 rings (SSSR count). The molecule has 0 saturated heterocycles. The Labute approximate surface area is 173 Å². The van der Waals surface area contributed by atoms with Crippen molar-refractivity contribution in [3.63, 3.8) is 0 Å². The number of aryl methyl sites for hydroxylation is 1. The number of benzene rings is 2. The lowest BCUT2D eigenvalue weighted by atomic mass is 10.0. The van der Waals surface area contributed by atoms with Crippen LogP contribution in [0.2, 0.25) is 0 Å². The van der Waals surface area contributed by atoms with Crippen LogP contribution in [0, 0.1) is 6.92 Å². The lowest BCUT2D eigenvalue weighted by Crippen LogP contribution is -2.22. The second-order valence-electron chi connectivity index (χ2n) is 7.44. The van der Waals surface area contributed by atoms with Crippen LogP contribution in [-0.4, -0.2) is 17.5 Å². The van der Waals surface area contributed by atoms with E-state index in [1.54, 1.807) is 0 Å². The van der Waals surface area contributed by atoms with E-state index in [0.29, 0.717) is 4.83 Å². The molecule has 0 fully saturated rings. The highest BCUT2D eigenvalue weighted by molar-refractivity contribution is 9.09. The minimum absolute atomic E-state index is 0.147. The molecule has 0 aliphatic rings. The Kier molecular flexibility index (Phi) is 9.47. The topological polar surface area (TPSA) is 18.5 Å². The maximum atomic E-state index is 6.09. The van der Waals surface area contributed by atoms with Gasteiger partial charge in [0.15, 0.2) is 0 Å². The largest absolute Gasteiger partial charge is 0.493 e. The molecular formula is C24H35BrO2. The number of hydrogen-bond donors (Lipinski definition) is 0. The van der Waals surface area contributed by atoms with E-state index in [1.807, 2.05) is 0 Å². The SMILES string of the molecule is CCCCCCCCOc1ccc2cc(OC(C)C(Br)CC)ccc2c1C. The zero-order chi connectivity index (χ0) is 19.6. The van der Waals surface area contributed by atoms with Gasteiger partial charge in [0.05, 0.1) is 11.4 Å². The number of unbranched alkanes of at least 4 members (excludes halogenated alkanes) is 5. The van der Waals surface area contributed by atoms with Gasteiger partial charge in [0.2, 0.25) is 0 Å². The van der Waals surface area contributed by atoms with Crippen molar-refractivity contribution in [2.24, 2.45) is 0 Å². The minimum Gasteiger partial charge on any atom is -0.493 e. The summed E-state index contributed by atoms with van der Waals surface area (Å²) < 4.78 is 12.1. The molecule has 0 aliphatic heterocycles. The van der Waals surface area contributed by atoms with Gasteiger partial charge < -0.3 is 9.47 Å². The fourth-order valence-corrected chi connectivity index (χ4v) is 3.47. The van der Waals surface area contributed by atoms with Gasteiger partial charge in [-0.15, -0.1) is 0 Å². The summed E-state index contributed by atoms with van der Waals surface area (Å²) in [5.74, 6) is 1.93. The molecule has 0 radical (unpaired) electrons. The molecule has 0 N–H and O–H groups in total. The second-order valence-corrected chi connectivity index (χ2v) is 8.61. The van der Waals surface area contributed by atoms with Gasteiger partial charge in [-0.3, -0.25) is 0 Å². The molecular weight excluding hydrogens is 400 g/mol. The smallest absolute Gasteiger partial charge is 0.122 e. The predicted octanol–water partition coefficient (Wildman–Crippen LogP) is 7.83. The van der Waals surface area contributed by atoms with Crippen molar-refractivity contribution in [3.05, 3.63) is 35.9 Å². The van der Waals surface area contributed by atoms with Crippen LogP contribution < -0.4 is 9.47 Å². The molecule has 2 unspecified atom stereocenters. The Balaban J connectivity index is 1.95. The highest BCUT2D eigenvalue weighted by atomic mass is 79.9. The molecule has 2 atom stereocenters. The molecule has 27 heavy (non-hydrogen) atoms. The van der Waals surface area contributed by atoms with Gasteiger partial charge in [-0.1, -0.05) is 74.0 Å². The molecule has 0 spiro atoms. The molecule has 150 valence electrons. The fraction of sp³-hybridized carbons (Fsp3) is 0.583. The van der Waals surface area contributed by atoms with Crippen LogP contribution >= 0.6 is 15.9 Å². The van der Waals surface area contributed by atoms with Gasteiger partial charge in [0.1, 0.15) is 17.6 Å². The van der Waals surface area contributed by atoms with Gasteiger partial charge in [0, 0.05) is 0 Å². The van der Waals surface area contributed by atoms with Crippen molar-refractivity contribution in [2.45, 2.75) is 83.6 Å². The monoisotopic (exact) mass is 434 g/mol. The predicted molar refractivity (Wildman–Crippen MR) is 121 cm³/mol. The Morgan fingerprint density at radius 1 is 0.963 bits per heavy atom. The number of hydrogen-bond acceptors (Lipinski definition) is 2. The second kappa shape index (κ2) is 11.6. The maximum Gasteiger partial charge on any atom is 0.122 e. The maximum absolute atomic E-state index is 6.09. The van der Waals surface area contributed by atoms with E-state index in [9.17, 15) is 0 Å². The summed E-state index contributed by atoms with van der Waals surface area (Å²) in [6.45, 7) is 9.48. The number of alkyl halides is 1. The van der Waals surface area contributed by atoms with Gasteiger partial charge in [-0.05, 0) is 61.2 Å². The van der Waals surface area contributed by atoms with Gasteiger partial charge in [0.25, 0.3) is 0 Å². The Bertz CT molecular complexity index is 698. The molecule has 2 aromatic carbocycles. The van der Waals surface area contributed by atoms with Crippen molar-refractivity contribution in [2.75, 3.05) is 6.61 Å². The lowest BCUT2D eigenvalue weighted by Gasteiger charge is -2.19. The van der Waals surface area contributed by atoms with Crippen LogP contribution in [-0.2, 0) is 0 Å². The number of rotatable bonds is 12. The van der Waals surface area contributed by atoms with Crippen molar-refractivity contribution < 1.29 is 9.47 Å². The Hall–Kier alpha value is -1.22. The van der Waals surface area contributed by atoms with Crippen LogP contribution in [0.3, 0.4) is 0 Å². The quantitative estimate of drug-likeness (QED) is 0.250. The molecule has 0 aliphatic carbocycles. The molecule has 2 aromatic rings. The third-order valence-electron chi connectivity index (χ3n) is 5.19. The minimum atomic E-state index is 0.147. The summed E-state index contributed by atoms with van der Waals surface area (Å²) in [6.07, 6.45) is 8.92. The first-order valence-corrected chi connectivity index (χ1v) is 11.4. The molecule has 0 saturated carbocycles. The number of halogens is 1. The van der Waals surface area contributed by atoms with E-state index in [4.69, 9.17) is 9.47 Å². The summed E-state index contributed by atoms with van der Waals surface area (Å²) in [5.41, 5.74) is 1.21. The highest BCUT2D eigenvalue weighted by Gasteiger charge is 2.14. The van der Waals surface area contributed by atoms with Gasteiger partial charge in [-0.25, -0.2) is 0 Å². The molecule has 2 nitrogen and oxygen atoms in total. The normalized spacial score (nSPS) is 13.5. The highest BCUT2D eigenvalue weighted by Crippen LogP contribution is 2.31. The van der Waals surface area contributed by atoms with Crippen LogP contribution in [0.4, 0.5) is 0 Å². The van der Waals surface area contributed by atoms with Crippen molar-refractivity contribution >= 4 is 26.7 Å². The average molecular weight is 435 g/mol. The first-order chi connectivity index (χ1) is 13.1. The third kappa shape index (κ3) is 6.71. The van der Waals surface area contributed by atoms with E-state index in [1.165, 1.54) is 48.4 Å². The molecule has 0 aromatic heterocycles. The molecule has 0 heterocycles. The molecule has 0 bridgehead atoms. The van der Waals surface area contributed by atoms with Crippen molar-refractivity contribution in [1.82, 2.24) is 0 Å². The summed E-state index contributed by atoms with van der Waals surface area (Å²) in [6, 6.07) is 10.6.